The molecule has 0 spiro atoms. The van der Waals surface area contributed by atoms with E-state index in [2.05, 4.69) is 22.5 Å². The van der Waals surface area contributed by atoms with E-state index in [1.54, 1.807) is 10.9 Å². The summed E-state index contributed by atoms with van der Waals surface area (Å²) in [6.07, 6.45) is 7.41. The molecule has 1 aliphatic heterocycles. The van der Waals surface area contributed by atoms with E-state index in [9.17, 15) is 4.79 Å². The van der Waals surface area contributed by atoms with Crippen LogP contribution in [0.1, 0.15) is 54.1 Å². The predicted octanol–water partition coefficient (Wildman–Crippen LogP) is 3.33. The molecule has 1 N–H and O–H groups in total. The molecule has 1 amide bonds. The van der Waals surface area contributed by atoms with Crippen molar-refractivity contribution in [2.45, 2.75) is 44.7 Å². The van der Waals surface area contributed by atoms with E-state index in [0.717, 1.165) is 19.4 Å². The van der Waals surface area contributed by atoms with E-state index in [-0.39, 0.29) is 11.9 Å². The number of aromatic nitrogens is 2. The monoisotopic (exact) mass is 325 g/mol. The average molecular weight is 325 g/mol. The van der Waals surface area contributed by atoms with Gasteiger partial charge in [0, 0.05) is 13.0 Å². The number of amides is 1. The summed E-state index contributed by atoms with van der Waals surface area (Å²) in [5, 5.41) is 7.49. The highest BCUT2D eigenvalue weighted by Gasteiger charge is 2.27. The van der Waals surface area contributed by atoms with Gasteiger partial charge in [-0.3, -0.25) is 4.79 Å². The molecule has 0 bridgehead atoms. The van der Waals surface area contributed by atoms with E-state index < -0.39 is 0 Å². The van der Waals surface area contributed by atoms with Crippen LogP contribution in [0.2, 0.25) is 0 Å². The molecule has 0 saturated heterocycles. The summed E-state index contributed by atoms with van der Waals surface area (Å²) < 4.78 is 7.44. The van der Waals surface area contributed by atoms with E-state index in [1.807, 2.05) is 18.2 Å². The summed E-state index contributed by atoms with van der Waals surface area (Å²) in [5.41, 5.74) is 1.71. The molecule has 1 fully saturated rings. The number of carbonyl (C=O) groups is 1. The third kappa shape index (κ3) is 3.03. The zero-order valence-electron chi connectivity index (χ0n) is 13.8. The second-order valence-electron chi connectivity index (χ2n) is 6.76. The second kappa shape index (κ2) is 6.67. The molecule has 1 atom stereocenters. The van der Waals surface area contributed by atoms with Crippen molar-refractivity contribution < 1.29 is 9.53 Å². The topological polar surface area (TPSA) is 56.2 Å². The summed E-state index contributed by atoms with van der Waals surface area (Å²) in [4.78, 5) is 12.8. The van der Waals surface area contributed by atoms with Crippen molar-refractivity contribution in [3.05, 3.63) is 47.7 Å². The van der Waals surface area contributed by atoms with Crippen LogP contribution in [-0.4, -0.2) is 22.3 Å². The fourth-order valence-corrected chi connectivity index (χ4v) is 3.49. The second-order valence-corrected chi connectivity index (χ2v) is 6.76. The van der Waals surface area contributed by atoms with Gasteiger partial charge in [0.25, 0.3) is 5.91 Å². The summed E-state index contributed by atoms with van der Waals surface area (Å²) in [6, 6.07) is 10.3. The molecule has 1 saturated carbocycles. The van der Waals surface area contributed by atoms with Crippen LogP contribution in [0.5, 0.6) is 5.88 Å². The molecule has 0 radical (unpaired) electrons. The van der Waals surface area contributed by atoms with Gasteiger partial charge in [0.2, 0.25) is 5.88 Å². The first-order valence-electron chi connectivity index (χ1n) is 8.85. The largest absolute Gasteiger partial charge is 0.477 e. The van der Waals surface area contributed by atoms with Gasteiger partial charge in [-0.25, -0.2) is 4.68 Å². The van der Waals surface area contributed by atoms with Gasteiger partial charge in [0.1, 0.15) is 5.56 Å². The average Bonchev–Trinajstić information content (AvgIpc) is 3.02. The standard InChI is InChI=1S/C19H23N3O2/c23-18(16-13-20-22-10-5-11-24-19(16)22)21-17(12-14-6-4-7-14)15-8-2-1-3-9-15/h1-3,8-9,13-14,17H,4-7,10-12H2,(H,21,23). The Kier molecular flexibility index (Phi) is 4.24. The van der Waals surface area contributed by atoms with Crippen LogP contribution in [0.25, 0.3) is 0 Å². The zero-order chi connectivity index (χ0) is 16.4. The van der Waals surface area contributed by atoms with E-state index in [1.165, 1.54) is 24.8 Å². The number of hydrogen-bond donors (Lipinski definition) is 1. The molecule has 1 aromatic heterocycles. The Morgan fingerprint density at radius 2 is 2.12 bits per heavy atom. The number of aryl methyl sites for hydroxylation is 1. The number of fused-ring (bicyclic) bond motifs is 1. The maximum atomic E-state index is 12.8. The Hall–Kier alpha value is -2.30. The lowest BCUT2D eigenvalue weighted by molar-refractivity contribution is 0.0918. The minimum absolute atomic E-state index is 0.0446. The Labute approximate surface area is 142 Å². The van der Waals surface area contributed by atoms with Gasteiger partial charge in [-0.1, -0.05) is 49.6 Å². The molecule has 5 nitrogen and oxygen atoms in total. The van der Waals surface area contributed by atoms with Crippen molar-refractivity contribution in [2.75, 3.05) is 6.61 Å². The molecule has 1 unspecified atom stereocenters. The van der Waals surface area contributed by atoms with Crippen LogP contribution >= 0.6 is 0 Å². The minimum Gasteiger partial charge on any atom is -0.477 e. The predicted molar refractivity (Wildman–Crippen MR) is 90.9 cm³/mol. The number of nitrogens with zero attached hydrogens (tertiary/aromatic N) is 2. The van der Waals surface area contributed by atoms with Crippen molar-refractivity contribution in [2.24, 2.45) is 5.92 Å². The van der Waals surface area contributed by atoms with Crippen molar-refractivity contribution >= 4 is 5.91 Å². The van der Waals surface area contributed by atoms with Crippen LogP contribution < -0.4 is 10.1 Å². The summed E-state index contributed by atoms with van der Waals surface area (Å²) in [6.45, 7) is 1.46. The maximum absolute atomic E-state index is 12.8. The molecular weight excluding hydrogens is 302 g/mol. The third-order valence-electron chi connectivity index (χ3n) is 5.09. The third-order valence-corrected chi connectivity index (χ3v) is 5.09. The minimum atomic E-state index is -0.0914. The summed E-state index contributed by atoms with van der Waals surface area (Å²) in [7, 11) is 0. The fraction of sp³-hybridized carbons (Fsp3) is 0.474. The number of rotatable bonds is 5. The van der Waals surface area contributed by atoms with Crippen LogP contribution in [0.15, 0.2) is 36.5 Å². The highest BCUT2D eigenvalue weighted by molar-refractivity contribution is 5.96. The summed E-state index contributed by atoms with van der Waals surface area (Å²) >= 11 is 0. The molecule has 24 heavy (non-hydrogen) atoms. The van der Waals surface area contributed by atoms with Crippen molar-refractivity contribution in [1.29, 1.82) is 0 Å². The van der Waals surface area contributed by atoms with E-state index in [0.29, 0.717) is 24.0 Å². The van der Waals surface area contributed by atoms with Gasteiger partial charge in [-0.05, 0) is 17.9 Å². The molecule has 2 aromatic rings. The first-order chi connectivity index (χ1) is 11.8. The lowest BCUT2D eigenvalue weighted by Gasteiger charge is -2.30. The maximum Gasteiger partial charge on any atom is 0.258 e. The zero-order valence-corrected chi connectivity index (χ0v) is 13.8. The Morgan fingerprint density at radius 1 is 1.29 bits per heavy atom. The smallest absolute Gasteiger partial charge is 0.258 e. The van der Waals surface area contributed by atoms with Crippen LogP contribution in [0, 0.1) is 5.92 Å². The number of hydrogen-bond acceptors (Lipinski definition) is 3. The molecule has 126 valence electrons. The number of carbonyl (C=O) groups excluding carboxylic acids is 1. The lowest BCUT2D eigenvalue weighted by atomic mass is 9.79. The molecule has 1 aromatic carbocycles. The number of benzene rings is 1. The van der Waals surface area contributed by atoms with E-state index in [4.69, 9.17) is 4.74 Å². The van der Waals surface area contributed by atoms with Gasteiger partial charge in [0.05, 0.1) is 18.8 Å². The fourth-order valence-electron chi connectivity index (χ4n) is 3.49. The molecular formula is C19H23N3O2. The van der Waals surface area contributed by atoms with Crippen LogP contribution in [0.4, 0.5) is 0 Å². The highest BCUT2D eigenvalue weighted by atomic mass is 16.5. The first kappa shape index (κ1) is 15.2. The van der Waals surface area contributed by atoms with Gasteiger partial charge < -0.3 is 10.1 Å². The quantitative estimate of drug-likeness (QED) is 0.917. The normalized spacial score (nSPS) is 18.2. The Morgan fingerprint density at radius 3 is 2.88 bits per heavy atom. The van der Waals surface area contributed by atoms with Crippen LogP contribution in [-0.2, 0) is 6.54 Å². The van der Waals surface area contributed by atoms with Gasteiger partial charge >= 0.3 is 0 Å². The van der Waals surface area contributed by atoms with Crippen molar-refractivity contribution in [3.8, 4) is 5.88 Å². The summed E-state index contributed by atoms with van der Waals surface area (Å²) in [5.74, 6) is 1.23. The molecule has 2 heterocycles. The Bertz CT molecular complexity index is 707. The first-order valence-corrected chi connectivity index (χ1v) is 8.85. The molecule has 5 heteroatoms. The SMILES string of the molecule is O=C(NC(CC1CCC1)c1ccccc1)c1cnn2c1OCCC2. The van der Waals surface area contributed by atoms with E-state index >= 15 is 0 Å². The van der Waals surface area contributed by atoms with Crippen LogP contribution in [0.3, 0.4) is 0 Å². The van der Waals surface area contributed by atoms with Gasteiger partial charge in [-0.15, -0.1) is 0 Å². The highest BCUT2D eigenvalue weighted by Crippen LogP contribution is 2.35. The van der Waals surface area contributed by atoms with Gasteiger partial charge in [0.15, 0.2) is 0 Å². The number of ether oxygens (including phenoxy) is 1. The molecule has 2 aliphatic rings. The van der Waals surface area contributed by atoms with Crippen molar-refractivity contribution in [3.63, 3.8) is 0 Å². The molecule has 4 rings (SSSR count). The number of nitrogens with one attached hydrogen (secondary N) is 1. The van der Waals surface area contributed by atoms with Crippen molar-refractivity contribution in [1.82, 2.24) is 15.1 Å². The Balaban J connectivity index is 1.53. The van der Waals surface area contributed by atoms with Gasteiger partial charge in [-0.2, -0.15) is 5.10 Å². The lowest BCUT2D eigenvalue weighted by Crippen LogP contribution is -2.31. The molecule has 1 aliphatic carbocycles.